The normalized spacial score (nSPS) is 20.9. The van der Waals surface area contributed by atoms with Gasteiger partial charge in [0.15, 0.2) is 6.10 Å². The van der Waals surface area contributed by atoms with Crippen molar-refractivity contribution in [1.29, 1.82) is 0 Å². The average molecular weight is 305 g/mol. The number of nitrogens with one attached hydrogen (secondary N) is 1. The molecule has 1 aromatic rings. The quantitative estimate of drug-likeness (QED) is 0.606. The van der Waals surface area contributed by atoms with Crippen LogP contribution in [0.1, 0.15) is 19.3 Å². The predicted molar refractivity (Wildman–Crippen MR) is 79.0 cm³/mol. The fraction of sp³-hybridized carbons (Fsp3) is 0.467. The second kappa shape index (κ2) is 6.23. The van der Waals surface area contributed by atoms with Crippen LogP contribution in [0.2, 0.25) is 0 Å². The summed E-state index contributed by atoms with van der Waals surface area (Å²) < 4.78 is 5.57. The summed E-state index contributed by atoms with van der Waals surface area (Å²) in [7, 11) is 0. The van der Waals surface area contributed by atoms with Gasteiger partial charge in [-0.2, -0.15) is 0 Å². The van der Waals surface area contributed by atoms with Gasteiger partial charge in [-0.1, -0.05) is 12.1 Å². The number of amides is 3. The first-order valence-electron chi connectivity index (χ1n) is 7.47. The van der Waals surface area contributed by atoms with Gasteiger partial charge in [-0.15, -0.1) is 0 Å². The molecule has 0 saturated carbocycles. The van der Waals surface area contributed by atoms with Crippen LogP contribution >= 0.6 is 0 Å². The lowest BCUT2D eigenvalue weighted by molar-refractivity contribution is -0.136. The molecule has 2 aliphatic heterocycles. The third-order valence-electron chi connectivity index (χ3n) is 4.03. The van der Waals surface area contributed by atoms with E-state index in [2.05, 4.69) is 0 Å². The molecule has 2 N–H and O–H groups in total. The Bertz CT molecular complexity index is 572. The Hall–Kier alpha value is -2.28. The molecule has 0 spiro atoms. The van der Waals surface area contributed by atoms with Crippen molar-refractivity contribution >= 4 is 17.6 Å². The zero-order chi connectivity index (χ0) is 15.5. The topological polar surface area (TPSA) is 82.1 Å². The van der Waals surface area contributed by atoms with Crippen molar-refractivity contribution in [3.05, 3.63) is 24.3 Å². The minimum Gasteiger partial charge on any atom is -0.476 e. The molecule has 1 aromatic carbocycles. The highest BCUT2D eigenvalue weighted by Crippen LogP contribution is 2.34. The second-order valence-corrected chi connectivity index (χ2v) is 5.49. The zero-order valence-electron chi connectivity index (χ0n) is 12.2. The van der Waals surface area contributed by atoms with E-state index < -0.39 is 12.0 Å². The average Bonchev–Trinajstić information content (AvgIpc) is 2.60. The van der Waals surface area contributed by atoms with E-state index in [0.717, 1.165) is 32.4 Å². The first-order chi connectivity index (χ1) is 10.7. The maximum atomic E-state index is 12.8. The number of carbonyl (C=O) groups excluding carboxylic acids is 2. The lowest BCUT2D eigenvalue weighted by Gasteiger charge is -2.38. The molecule has 0 aromatic heterocycles. The summed E-state index contributed by atoms with van der Waals surface area (Å²) in [5.74, 6) is -0.196. The molecule has 3 rings (SSSR count). The Morgan fingerprint density at radius 1 is 1.18 bits per heavy atom. The lowest BCUT2D eigenvalue weighted by atomic mass is 10.1. The van der Waals surface area contributed by atoms with Crippen LogP contribution in [0.15, 0.2) is 24.3 Å². The Morgan fingerprint density at radius 3 is 2.64 bits per heavy atom. The second-order valence-electron chi connectivity index (χ2n) is 5.49. The molecule has 1 saturated heterocycles. The molecule has 0 radical (unpaired) electrons. The van der Waals surface area contributed by atoms with Crippen molar-refractivity contribution in [3.8, 4) is 5.75 Å². The molecule has 1 atom stereocenters. The van der Waals surface area contributed by atoms with Crippen LogP contribution in [0.4, 0.5) is 10.5 Å². The smallest absolute Gasteiger partial charge is 0.324 e. The number of ether oxygens (including phenoxy) is 1. The Morgan fingerprint density at radius 2 is 1.91 bits per heavy atom. The number of fused-ring (bicyclic) bond motifs is 1. The van der Waals surface area contributed by atoms with Gasteiger partial charge in [0.2, 0.25) is 0 Å². The number of hydroxylamine groups is 1. The summed E-state index contributed by atoms with van der Waals surface area (Å²) in [4.78, 5) is 27.8. The maximum absolute atomic E-state index is 12.8. The van der Waals surface area contributed by atoms with E-state index in [0.29, 0.717) is 11.4 Å². The van der Waals surface area contributed by atoms with Gasteiger partial charge in [0.05, 0.1) is 12.2 Å². The SMILES string of the molecule is O=C(NO)C1CN(C(=O)N2CCCCC2)c2ccccc2O1. The van der Waals surface area contributed by atoms with Crippen LogP contribution in [0, 0.1) is 0 Å². The van der Waals surface area contributed by atoms with E-state index in [1.165, 1.54) is 0 Å². The largest absolute Gasteiger partial charge is 0.476 e. The minimum absolute atomic E-state index is 0.0821. The highest BCUT2D eigenvalue weighted by atomic mass is 16.5. The zero-order valence-corrected chi connectivity index (χ0v) is 12.2. The van der Waals surface area contributed by atoms with Crippen LogP contribution < -0.4 is 15.1 Å². The Balaban J connectivity index is 1.87. The monoisotopic (exact) mass is 305 g/mol. The van der Waals surface area contributed by atoms with Crippen LogP contribution in [0.3, 0.4) is 0 Å². The number of urea groups is 1. The molecule has 118 valence electrons. The van der Waals surface area contributed by atoms with Crippen molar-refractivity contribution in [2.75, 3.05) is 24.5 Å². The van der Waals surface area contributed by atoms with Gasteiger partial charge in [-0.05, 0) is 31.4 Å². The third-order valence-corrected chi connectivity index (χ3v) is 4.03. The van der Waals surface area contributed by atoms with Gasteiger partial charge >= 0.3 is 6.03 Å². The number of nitrogens with zero attached hydrogens (tertiary/aromatic N) is 2. The number of piperidine rings is 1. The number of carbonyl (C=O) groups is 2. The molecular weight excluding hydrogens is 286 g/mol. The van der Waals surface area contributed by atoms with Gasteiger partial charge in [-0.25, -0.2) is 10.3 Å². The van der Waals surface area contributed by atoms with Crippen molar-refractivity contribution in [2.45, 2.75) is 25.4 Å². The van der Waals surface area contributed by atoms with E-state index in [-0.39, 0.29) is 12.6 Å². The summed E-state index contributed by atoms with van der Waals surface area (Å²) >= 11 is 0. The minimum atomic E-state index is -0.923. The fourth-order valence-corrected chi connectivity index (χ4v) is 2.88. The number of benzene rings is 1. The molecule has 2 aliphatic rings. The standard InChI is InChI=1S/C15H19N3O4/c19-14(16-21)13-10-18(11-6-2-3-7-12(11)22-13)15(20)17-8-4-1-5-9-17/h2-3,6-7,13,21H,1,4-5,8-10H2,(H,16,19). The summed E-state index contributed by atoms with van der Waals surface area (Å²) in [6.45, 7) is 1.54. The molecule has 2 heterocycles. The number of rotatable bonds is 1. The van der Waals surface area contributed by atoms with Crippen LogP contribution in [-0.2, 0) is 4.79 Å². The first kappa shape index (κ1) is 14.6. The fourth-order valence-electron chi connectivity index (χ4n) is 2.88. The summed E-state index contributed by atoms with van der Waals surface area (Å²) in [5, 5.41) is 8.82. The number of hydrogen-bond acceptors (Lipinski definition) is 4. The van der Waals surface area contributed by atoms with Gasteiger partial charge in [0.25, 0.3) is 5.91 Å². The molecule has 0 aliphatic carbocycles. The molecule has 1 unspecified atom stereocenters. The number of hydrogen-bond donors (Lipinski definition) is 2. The molecule has 3 amide bonds. The third kappa shape index (κ3) is 2.71. The molecule has 1 fully saturated rings. The number of para-hydroxylation sites is 2. The Labute approximate surface area is 128 Å². The van der Waals surface area contributed by atoms with Crippen LogP contribution in [-0.4, -0.2) is 47.8 Å². The summed E-state index contributed by atoms with van der Waals surface area (Å²) in [6, 6.07) is 6.99. The van der Waals surface area contributed by atoms with Gasteiger partial charge in [-0.3, -0.25) is 14.9 Å². The van der Waals surface area contributed by atoms with Crippen LogP contribution in [0.25, 0.3) is 0 Å². The van der Waals surface area contributed by atoms with Crippen LogP contribution in [0.5, 0.6) is 5.75 Å². The van der Waals surface area contributed by atoms with Gasteiger partial charge < -0.3 is 9.64 Å². The number of likely N-dealkylation sites (tertiary alicyclic amines) is 1. The van der Waals surface area contributed by atoms with Crippen molar-refractivity contribution in [2.24, 2.45) is 0 Å². The number of anilines is 1. The van der Waals surface area contributed by atoms with Gasteiger partial charge in [0.1, 0.15) is 5.75 Å². The molecular formula is C15H19N3O4. The van der Waals surface area contributed by atoms with E-state index in [1.807, 2.05) is 6.07 Å². The Kier molecular flexibility index (Phi) is 4.15. The van der Waals surface area contributed by atoms with E-state index in [1.54, 1.807) is 33.5 Å². The predicted octanol–water partition coefficient (Wildman–Crippen LogP) is 1.37. The highest BCUT2D eigenvalue weighted by molar-refractivity contribution is 5.96. The highest BCUT2D eigenvalue weighted by Gasteiger charge is 2.35. The van der Waals surface area contributed by atoms with Gasteiger partial charge in [0, 0.05) is 13.1 Å². The maximum Gasteiger partial charge on any atom is 0.324 e. The molecule has 22 heavy (non-hydrogen) atoms. The molecule has 7 nitrogen and oxygen atoms in total. The van der Waals surface area contributed by atoms with E-state index in [9.17, 15) is 9.59 Å². The van der Waals surface area contributed by atoms with Crippen molar-refractivity contribution in [3.63, 3.8) is 0 Å². The summed E-state index contributed by atoms with van der Waals surface area (Å²) in [6.07, 6.45) is 2.21. The lowest BCUT2D eigenvalue weighted by Crippen LogP contribution is -2.54. The summed E-state index contributed by atoms with van der Waals surface area (Å²) in [5.41, 5.74) is 2.24. The van der Waals surface area contributed by atoms with Crippen molar-refractivity contribution in [1.82, 2.24) is 10.4 Å². The van der Waals surface area contributed by atoms with Crippen molar-refractivity contribution < 1.29 is 19.5 Å². The first-order valence-corrected chi connectivity index (χ1v) is 7.47. The molecule has 0 bridgehead atoms. The van der Waals surface area contributed by atoms with E-state index >= 15 is 0 Å². The van der Waals surface area contributed by atoms with E-state index in [4.69, 9.17) is 9.94 Å². The molecule has 7 heteroatoms.